The first-order valence-corrected chi connectivity index (χ1v) is 8.24. The van der Waals surface area contributed by atoms with Crippen molar-refractivity contribution in [1.82, 2.24) is 0 Å². The molecule has 8 nitrogen and oxygen atoms in total. The highest BCUT2D eigenvalue weighted by atomic mass is 32.2. The van der Waals surface area contributed by atoms with Crippen molar-refractivity contribution in [1.29, 1.82) is 0 Å². The van der Waals surface area contributed by atoms with Gasteiger partial charge in [-0.05, 0) is 42.8 Å². The van der Waals surface area contributed by atoms with Gasteiger partial charge in [0.15, 0.2) is 0 Å². The molecule has 0 aromatic heterocycles. The standard InChI is InChI=1S/C15H14N2O6S/c1-10-9-12(3-8-15(10)23-11(2)18)16-24(21,22)14-6-4-13(5-7-14)17(19)20/h3-9,16H,1-2H3. The van der Waals surface area contributed by atoms with E-state index >= 15 is 0 Å². The number of ether oxygens (including phenoxy) is 1. The van der Waals surface area contributed by atoms with Gasteiger partial charge in [-0.2, -0.15) is 0 Å². The Balaban J connectivity index is 2.24. The first-order chi connectivity index (χ1) is 11.2. The van der Waals surface area contributed by atoms with E-state index in [1.807, 2.05) is 0 Å². The van der Waals surface area contributed by atoms with E-state index in [-0.39, 0.29) is 16.3 Å². The number of esters is 1. The van der Waals surface area contributed by atoms with Crippen LogP contribution in [0.2, 0.25) is 0 Å². The number of anilines is 1. The monoisotopic (exact) mass is 350 g/mol. The summed E-state index contributed by atoms with van der Waals surface area (Å²) in [6.45, 7) is 2.94. The van der Waals surface area contributed by atoms with E-state index in [0.29, 0.717) is 11.3 Å². The number of rotatable bonds is 5. The molecule has 0 fully saturated rings. The molecule has 9 heteroatoms. The SMILES string of the molecule is CC(=O)Oc1ccc(NS(=O)(=O)c2ccc([N+](=O)[O-])cc2)cc1C. The number of nitrogens with zero attached hydrogens (tertiary/aromatic N) is 1. The Bertz CT molecular complexity index is 891. The molecule has 126 valence electrons. The smallest absolute Gasteiger partial charge is 0.308 e. The minimum Gasteiger partial charge on any atom is -0.426 e. The van der Waals surface area contributed by atoms with E-state index in [4.69, 9.17) is 4.74 Å². The largest absolute Gasteiger partial charge is 0.426 e. The number of sulfonamides is 1. The van der Waals surface area contributed by atoms with Crippen LogP contribution in [-0.2, 0) is 14.8 Å². The molecule has 24 heavy (non-hydrogen) atoms. The molecule has 1 N–H and O–H groups in total. The fourth-order valence-corrected chi connectivity index (χ4v) is 2.99. The van der Waals surface area contributed by atoms with Crippen LogP contribution in [0.25, 0.3) is 0 Å². The average Bonchev–Trinajstić information content (AvgIpc) is 2.49. The van der Waals surface area contributed by atoms with Gasteiger partial charge in [0.2, 0.25) is 0 Å². The van der Waals surface area contributed by atoms with Gasteiger partial charge in [-0.3, -0.25) is 19.6 Å². The summed E-state index contributed by atoms with van der Waals surface area (Å²) >= 11 is 0. The van der Waals surface area contributed by atoms with Crippen LogP contribution >= 0.6 is 0 Å². The highest BCUT2D eigenvalue weighted by molar-refractivity contribution is 7.92. The molecule has 0 aliphatic carbocycles. The van der Waals surface area contributed by atoms with Crippen LogP contribution in [0.1, 0.15) is 12.5 Å². The van der Waals surface area contributed by atoms with Crippen molar-refractivity contribution < 1.29 is 22.9 Å². The van der Waals surface area contributed by atoms with Gasteiger partial charge in [0.05, 0.1) is 9.82 Å². The summed E-state index contributed by atoms with van der Waals surface area (Å²) in [5, 5.41) is 10.6. The lowest BCUT2D eigenvalue weighted by atomic mass is 10.2. The van der Waals surface area contributed by atoms with Crippen molar-refractivity contribution in [2.24, 2.45) is 0 Å². The number of nitrogens with one attached hydrogen (secondary N) is 1. The number of hydrogen-bond donors (Lipinski definition) is 1. The lowest BCUT2D eigenvalue weighted by Gasteiger charge is -2.11. The van der Waals surface area contributed by atoms with Crippen LogP contribution in [-0.4, -0.2) is 19.3 Å². The van der Waals surface area contributed by atoms with Gasteiger partial charge in [-0.25, -0.2) is 8.42 Å². The van der Waals surface area contributed by atoms with Crippen molar-refractivity contribution in [2.75, 3.05) is 4.72 Å². The second-order valence-corrected chi connectivity index (χ2v) is 6.61. The third-order valence-corrected chi connectivity index (χ3v) is 4.44. The summed E-state index contributed by atoms with van der Waals surface area (Å²) in [5.74, 6) is -0.141. The van der Waals surface area contributed by atoms with Gasteiger partial charge in [0.25, 0.3) is 15.7 Å². The molecule has 2 aromatic carbocycles. The van der Waals surface area contributed by atoms with E-state index in [1.54, 1.807) is 6.92 Å². The van der Waals surface area contributed by atoms with Crippen LogP contribution in [0.15, 0.2) is 47.4 Å². The topological polar surface area (TPSA) is 116 Å². The third-order valence-electron chi connectivity index (χ3n) is 3.04. The molecular formula is C15H14N2O6S. The number of non-ortho nitro benzene ring substituents is 1. The van der Waals surface area contributed by atoms with Crippen molar-refractivity contribution in [3.8, 4) is 5.75 Å². The Morgan fingerprint density at radius 3 is 2.29 bits per heavy atom. The third kappa shape index (κ3) is 4.07. The summed E-state index contributed by atoms with van der Waals surface area (Å²) in [5.41, 5.74) is 0.659. The zero-order valence-corrected chi connectivity index (χ0v) is 13.7. The molecule has 0 saturated carbocycles. The summed E-state index contributed by atoms with van der Waals surface area (Å²) in [6.07, 6.45) is 0. The lowest BCUT2D eigenvalue weighted by Crippen LogP contribution is -2.13. The minimum absolute atomic E-state index is 0.102. The summed E-state index contributed by atoms with van der Waals surface area (Å²) in [4.78, 5) is 20.8. The van der Waals surface area contributed by atoms with Crippen LogP contribution in [0, 0.1) is 17.0 Å². The maximum atomic E-state index is 12.3. The maximum Gasteiger partial charge on any atom is 0.308 e. The number of nitro groups is 1. The van der Waals surface area contributed by atoms with Gasteiger partial charge in [-0.1, -0.05) is 0 Å². The number of hydrogen-bond acceptors (Lipinski definition) is 6. The van der Waals surface area contributed by atoms with Crippen LogP contribution in [0.5, 0.6) is 5.75 Å². The van der Waals surface area contributed by atoms with Crippen molar-refractivity contribution >= 4 is 27.4 Å². The molecular weight excluding hydrogens is 336 g/mol. The zero-order chi connectivity index (χ0) is 17.9. The van der Waals surface area contributed by atoms with Crippen molar-refractivity contribution in [3.05, 3.63) is 58.1 Å². The molecule has 0 saturated heterocycles. The van der Waals surface area contributed by atoms with Crippen LogP contribution in [0.4, 0.5) is 11.4 Å². The Morgan fingerprint density at radius 2 is 1.79 bits per heavy atom. The molecule has 0 atom stereocenters. The Labute approximate surface area is 138 Å². The summed E-state index contributed by atoms with van der Waals surface area (Å²) < 4.78 is 31.9. The molecule has 0 aliphatic rings. The second kappa shape index (κ2) is 6.67. The molecule has 0 spiro atoms. The van der Waals surface area contributed by atoms with Crippen molar-refractivity contribution in [2.45, 2.75) is 18.7 Å². The number of benzene rings is 2. The first kappa shape index (κ1) is 17.4. The Kier molecular flexibility index (Phi) is 4.84. The van der Waals surface area contributed by atoms with E-state index < -0.39 is 20.9 Å². The quantitative estimate of drug-likeness (QED) is 0.383. The molecule has 0 heterocycles. The van der Waals surface area contributed by atoms with Gasteiger partial charge < -0.3 is 4.74 Å². The van der Waals surface area contributed by atoms with Crippen LogP contribution in [0.3, 0.4) is 0 Å². The van der Waals surface area contributed by atoms with Gasteiger partial charge >= 0.3 is 5.97 Å². The second-order valence-electron chi connectivity index (χ2n) is 4.93. The Morgan fingerprint density at radius 1 is 1.17 bits per heavy atom. The molecule has 0 aliphatic heterocycles. The number of carbonyl (C=O) groups is 1. The molecule has 0 radical (unpaired) electrons. The Hall–Kier alpha value is -2.94. The van der Waals surface area contributed by atoms with Gasteiger partial charge in [0, 0.05) is 24.7 Å². The number of nitro benzene ring substituents is 1. The molecule has 2 aromatic rings. The number of aryl methyl sites for hydroxylation is 1. The van der Waals surface area contributed by atoms with E-state index in [0.717, 1.165) is 24.3 Å². The fourth-order valence-electron chi connectivity index (χ4n) is 1.94. The maximum absolute atomic E-state index is 12.3. The first-order valence-electron chi connectivity index (χ1n) is 6.75. The minimum atomic E-state index is -3.89. The fraction of sp³-hybridized carbons (Fsp3) is 0.133. The summed E-state index contributed by atoms with van der Waals surface area (Å²) in [6, 6.07) is 8.98. The normalized spacial score (nSPS) is 10.9. The lowest BCUT2D eigenvalue weighted by molar-refractivity contribution is -0.384. The highest BCUT2D eigenvalue weighted by Crippen LogP contribution is 2.24. The zero-order valence-electron chi connectivity index (χ0n) is 12.8. The van der Waals surface area contributed by atoms with E-state index in [1.165, 1.54) is 25.1 Å². The van der Waals surface area contributed by atoms with Gasteiger partial charge in [-0.15, -0.1) is 0 Å². The van der Waals surface area contributed by atoms with E-state index in [2.05, 4.69) is 4.72 Å². The van der Waals surface area contributed by atoms with Gasteiger partial charge in [0.1, 0.15) is 5.75 Å². The van der Waals surface area contributed by atoms with Crippen molar-refractivity contribution in [3.63, 3.8) is 0 Å². The average molecular weight is 350 g/mol. The highest BCUT2D eigenvalue weighted by Gasteiger charge is 2.16. The predicted octanol–water partition coefficient (Wildman–Crippen LogP) is 2.63. The molecule has 0 bridgehead atoms. The van der Waals surface area contributed by atoms with Crippen LogP contribution < -0.4 is 9.46 Å². The molecule has 0 unspecified atom stereocenters. The molecule has 0 amide bonds. The number of carbonyl (C=O) groups excluding carboxylic acids is 1. The molecule has 2 rings (SSSR count). The summed E-state index contributed by atoms with van der Waals surface area (Å²) in [7, 11) is -3.89. The predicted molar refractivity (Wildman–Crippen MR) is 86.4 cm³/mol. The van der Waals surface area contributed by atoms with E-state index in [9.17, 15) is 23.3 Å².